The van der Waals surface area contributed by atoms with Gasteiger partial charge in [-0.3, -0.25) is 4.98 Å². The second-order valence-corrected chi connectivity index (χ2v) is 22.8. The van der Waals surface area contributed by atoms with Crippen LogP contribution in [0.25, 0.3) is 106 Å². The summed E-state index contributed by atoms with van der Waals surface area (Å²) in [5.74, 6) is 1.24. The summed E-state index contributed by atoms with van der Waals surface area (Å²) in [6.45, 7) is 27.1. The van der Waals surface area contributed by atoms with Crippen LogP contribution < -0.4 is 0 Å². The molecule has 0 spiro atoms. The maximum absolute atomic E-state index is 6.72. The van der Waals surface area contributed by atoms with E-state index in [9.17, 15) is 0 Å². The number of rotatable bonds is 7. The first-order valence-electron chi connectivity index (χ1n) is 26.3. The Balaban J connectivity index is 0.000000331. The van der Waals surface area contributed by atoms with E-state index in [0.29, 0.717) is 11.3 Å². The number of aryl methyl sites for hydroxylation is 2. The van der Waals surface area contributed by atoms with Crippen molar-refractivity contribution in [2.45, 2.75) is 106 Å². The molecule has 12 rings (SSSR count). The smallest absolute Gasteiger partial charge is 0.216 e. The number of benzene rings is 7. The number of pyridine rings is 2. The van der Waals surface area contributed by atoms with E-state index in [0.717, 1.165) is 72.2 Å². The van der Waals surface area contributed by atoms with Crippen LogP contribution in [0.15, 0.2) is 167 Å². The summed E-state index contributed by atoms with van der Waals surface area (Å²) in [7, 11) is 0. The predicted molar refractivity (Wildman–Crippen MR) is 312 cm³/mol. The average molecular weight is 1170 g/mol. The van der Waals surface area contributed by atoms with Crippen molar-refractivity contribution in [3.8, 4) is 50.6 Å². The van der Waals surface area contributed by atoms with Crippen LogP contribution in [0.1, 0.15) is 114 Å². The monoisotopic (exact) mass is 1170 g/mol. The first kappa shape index (κ1) is 52.0. The molecule has 0 saturated heterocycles. The molecule has 0 atom stereocenters. The Kier molecular flexibility index (Phi) is 13.9. The molecule has 6 nitrogen and oxygen atoms in total. The van der Waals surface area contributed by atoms with Gasteiger partial charge in [0, 0.05) is 42.8 Å². The number of hydrogen-bond acceptors (Lipinski definition) is 5. The Labute approximate surface area is 460 Å². The minimum atomic E-state index is 0. The van der Waals surface area contributed by atoms with Crippen LogP contribution in [0.4, 0.5) is 0 Å². The second-order valence-electron chi connectivity index (χ2n) is 22.8. The maximum atomic E-state index is 6.72. The third-order valence-corrected chi connectivity index (χ3v) is 14.7. The van der Waals surface area contributed by atoms with Gasteiger partial charge in [0.25, 0.3) is 0 Å². The van der Waals surface area contributed by atoms with Crippen LogP contribution >= 0.6 is 0 Å². The fraction of sp³-hybridized carbons (Fsp3) is 0.232. The van der Waals surface area contributed by atoms with E-state index < -0.39 is 0 Å². The van der Waals surface area contributed by atoms with Crippen molar-refractivity contribution < 1.29 is 28.9 Å². The summed E-state index contributed by atoms with van der Waals surface area (Å²) in [5.41, 5.74) is 22.6. The third-order valence-electron chi connectivity index (χ3n) is 14.7. The molecule has 0 fully saturated rings. The van der Waals surface area contributed by atoms with Crippen LogP contribution in [0.2, 0.25) is 0 Å². The zero-order valence-electron chi connectivity index (χ0n) is 45.6. The SMILES string of the molecule is CC(C)(C)c1ccnc(-c2[c-]cccc2)c1.Cc1cc(C(C)(C)C)cc(C)c1-c1ccc(-c2cc(C(C)C)c(-n3c(-c4[c-]ccc5c4oc4nc6c(cc45)oc4ccccc46)nc4ccccc43)c(C(C)C)c2)cc1.[Ir]. The first-order chi connectivity index (χ1) is 35.9. The minimum Gasteiger partial charge on any atom is -0.486 e. The number of furan rings is 2. The summed E-state index contributed by atoms with van der Waals surface area (Å²) >= 11 is 0. The van der Waals surface area contributed by atoms with Crippen LogP contribution in [-0.2, 0) is 30.9 Å². The van der Waals surface area contributed by atoms with E-state index >= 15 is 0 Å². The van der Waals surface area contributed by atoms with Crippen molar-refractivity contribution in [2.24, 2.45) is 0 Å². The van der Waals surface area contributed by atoms with E-state index in [4.69, 9.17) is 18.8 Å². The normalized spacial score (nSPS) is 12.1. The molecule has 0 aliphatic carbocycles. The Morgan fingerprint density at radius 2 is 1.21 bits per heavy atom. The van der Waals surface area contributed by atoms with Gasteiger partial charge in [-0.15, -0.1) is 54.1 Å². The molecule has 0 bridgehead atoms. The van der Waals surface area contributed by atoms with Gasteiger partial charge in [-0.2, -0.15) is 0 Å². The molecule has 7 heteroatoms. The fourth-order valence-electron chi connectivity index (χ4n) is 10.6. The zero-order valence-corrected chi connectivity index (χ0v) is 48.0. The molecular formula is C69H64IrN4O2-2. The van der Waals surface area contributed by atoms with Crippen molar-refractivity contribution in [3.63, 3.8) is 0 Å². The molecule has 5 heterocycles. The molecule has 0 saturated carbocycles. The zero-order chi connectivity index (χ0) is 52.5. The average Bonchev–Trinajstić information content (AvgIpc) is 4.12. The largest absolute Gasteiger partial charge is 0.486 e. The predicted octanol–water partition coefficient (Wildman–Crippen LogP) is 19.0. The van der Waals surface area contributed by atoms with Crippen LogP contribution in [-0.4, -0.2) is 19.5 Å². The molecule has 0 aliphatic heterocycles. The summed E-state index contributed by atoms with van der Waals surface area (Å²) < 4.78 is 15.3. The number of hydrogen-bond donors (Lipinski definition) is 0. The molecule has 0 amide bonds. The van der Waals surface area contributed by atoms with Crippen molar-refractivity contribution in [2.75, 3.05) is 0 Å². The molecule has 0 N–H and O–H groups in total. The van der Waals surface area contributed by atoms with Gasteiger partial charge in [-0.05, 0) is 146 Å². The van der Waals surface area contributed by atoms with Crippen molar-refractivity contribution in [1.82, 2.24) is 19.5 Å². The van der Waals surface area contributed by atoms with E-state index in [2.05, 4.69) is 202 Å². The quantitative estimate of drug-likeness (QED) is 0.149. The third kappa shape index (κ3) is 9.61. The standard InChI is InChI=1S/C54H48N3O2.C15H16N.Ir/c1-30(2)41-27-36(34-21-23-35(24-22-34)48-32(5)25-37(26-33(48)6)54(7,8)9)28-42(31(3)4)50(41)57-45-19-12-11-18-44(45)55-52(57)40-17-14-16-38-43-29-47-49(56-53(43)59-51(38)40)39-15-10-13-20-46(39)58-47;1-15(2,3)13-9-10-16-14(11-13)12-7-5-4-6-8-12;/h10-16,18-31H,1-9H3;4-7,9-11H,1-3H3;/q2*-1;. The number of aromatic nitrogens is 4. The molecule has 383 valence electrons. The van der Waals surface area contributed by atoms with Crippen molar-refractivity contribution in [1.29, 1.82) is 0 Å². The number of fused-ring (bicyclic) bond motifs is 7. The number of nitrogens with zero attached hydrogens (tertiary/aromatic N) is 4. The van der Waals surface area contributed by atoms with Gasteiger partial charge in [-0.1, -0.05) is 147 Å². The van der Waals surface area contributed by atoms with Crippen LogP contribution in [0.5, 0.6) is 0 Å². The van der Waals surface area contributed by atoms with Gasteiger partial charge < -0.3 is 18.4 Å². The van der Waals surface area contributed by atoms with E-state index in [1.807, 2.05) is 60.8 Å². The van der Waals surface area contributed by atoms with Crippen molar-refractivity contribution >= 4 is 55.2 Å². The van der Waals surface area contributed by atoms with Gasteiger partial charge in [0.05, 0.1) is 22.4 Å². The van der Waals surface area contributed by atoms with Crippen LogP contribution in [0.3, 0.4) is 0 Å². The van der Waals surface area contributed by atoms with Crippen molar-refractivity contribution in [3.05, 3.63) is 203 Å². The first-order valence-corrected chi connectivity index (χ1v) is 26.3. The van der Waals surface area contributed by atoms with E-state index in [1.165, 1.54) is 55.6 Å². The summed E-state index contributed by atoms with van der Waals surface area (Å²) in [6, 6.07) is 60.1. The summed E-state index contributed by atoms with van der Waals surface area (Å²) in [5, 5.41) is 2.82. The van der Waals surface area contributed by atoms with Gasteiger partial charge in [0.2, 0.25) is 5.71 Å². The Morgan fingerprint density at radius 3 is 1.88 bits per heavy atom. The molecule has 12 aromatic rings. The van der Waals surface area contributed by atoms with Crippen LogP contribution in [0, 0.1) is 26.0 Å². The molecule has 0 aliphatic rings. The molecule has 76 heavy (non-hydrogen) atoms. The van der Waals surface area contributed by atoms with E-state index in [-0.39, 0.29) is 42.8 Å². The topological polar surface area (TPSA) is 69.9 Å². The number of para-hydroxylation sites is 3. The molecule has 5 aromatic heterocycles. The second kappa shape index (κ2) is 20.3. The minimum absolute atomic E-state index is 0. The Bertz CT molecular complexity index is 4050. The van der Waals surface area contributed by atoms with E-state index in [1.54, 1.807) is 0 Å². The molecule has 7 aromatic carbocycles. The Morgan fingerprint density at radius 1 is 0.553 bits per heavy atom. The van der Waals surface area contributed by atoms with Gasteiger partial charge in [0.1, 0.15) is 11.1 Å². The molecule has 0 unspecified atom stereocenters. The molecule has 1 radical (unpaired) electrons. The fourth-order valence-corrected chi connectivity index (χ4v) is 10.6. The molecular weight excluding hydrogens is 1110 g/mol. The van der Waals surface area contributed by atoms with Gasteiger partial charge >= 0.3 is 0 Å². The summed E-state index contributed by atoms with van der Waals surface area (Å²) in [6.07, 6.45) is 1.87. The van der Waals surface area contributed by atoms with Gasteiger partial charge in [-0.25, -0.2) is 4.98 Å². The Hall–Kier alpha value is -7.44. The number of imidazole rings is 1. The summed E-state index contributed by atoms with van der Waals surface area (Å²) in [4.78, 5) is 14.8. The maximum Gasteiger partial charge on any atom is 0.216 e. The van der Waals surface area contributed by atoms with Gasteiger partial charge in [0.15, 0.2) is 5.58 Å².